The van der Waals surface area contributed by atoms with Crippen LogP contribution in [0.15, 0.2) is 40.7 Å². The first-order valence-electron chi connectivity index (χ1n) is 7.10. The van der Waals surface area contributed by atoms with Crippen LogP contribution in [0.2, 0.25) is 0 Å². The Morgan fingerprint density at radius 1 is 1.39 bits per heavy atom. The van der Waals surface area contributed by atoms with Crippen LogP contribution in [0.1, 0.15) is 12.8 Å². The molecule has 0 unspecified atom stereocenters. The molecule has 3 N–H and O–H groups in total. The Bertz CT molecular complexity index is 656. The number of nitrogens with two attached hydrogens (primary N) is 1. The molecule has 1 fully saturated rings. The van der Waals surface area contributed by atoms with Gasteiger partial charge < -0.3 is 20.3 Å². The minimum atomic E-state index is 0. The molecule has 1 aromatic heterocycles. The van der Waals surface area contributed by atoms with E-state index >= 15 is 0 Å². The molecular weight excluding hydrogens is 323 g/mol. The zero-order valence-electron chi connectivity index (χ0n) is 12.4. The zero-order chi connectivity index (χ0) is 15.4. The summed E-state index contributed by atoms with van der Waals surface area (Å²) in [6.45, 7) is 0.260. The van der Waals surface area contributed by atoms with Crippen LogP contribution in [0.5, 0.6) is 5.75 Å². The van der Waals surface area contributed by atoms with E-state index in [0.29, 0.717) is 35.5 Å². The first-order chi connectivity index (χ1) is 10.8. The fourth-order valence-electron chi connectivity index (χ4n) is 1.81. The molecule has 0 aliphatic heterocycles. The number of aromatic nitrogens is 2. The second-order valence-electron chi connectivity index (χ2n) is 5.13. The summed E-state index contributed by atoms with van der Waals surface area (Å²) in [5.74, 6) is 1.58. The molecule has 0 spiro atoms. The lowest BCUT2D eigenvalue weighted by Crippen LogP contribution is -2.10. The molecule has 6 nitrogen and oxygen atoms in total. The summed E-state index contributed by atoms with van der Waals surface area (Å²) in [4.78, 5) is 4.29. The number of hydrogen-bond acceptors (Lipinski definition) is 6. The van der Waals surface area contributed by atoms with Gasteiger partial charge in [-0.3, -0.25) is 0 Å². The van der Waals surface area contributed by atoms with Gasteiger partial charge in [0.2, 0.25) is 0 Å². The van der Waals surface area contributed by atoms with E-state index in [1.54, 1.807) is 12.1 Å². The van der Waals surface area contributed by atoms with Crippen LogP contribution in [0.4, 0.5) is 10.3 Å². The molecule has 124 valence electrons. The molecule has 0 bridgehead atoms. The van der Waals surface area contributed by atoms with Gasteiger partial charge in [-0.1, -0.05) is 0 Å². The fraction of sp³-hybridized carbons (Fsp3) is 0.333. The van der Waals surface area contributed by atoms with Crippen molar-refractivity contribution in [3.8, 4) is 17.2 Å². The number of ether oxygens (including phenoxy) is 1. The average molecular weight is 341 g/mol. The summed E-state index contributed by atoms with van der Waals surface area (Å²) in [6, 6.07) is 7.62. The molecule has 0 amide bonds. The SMILES string of the molecule is Cl.NC/C(=C\F)COc1ccc(-c2nc(NC3CC3)no2)cc1. The van der Waals surface area contributed by atoms with Crippen LogP contribution < -0.4 is 15.8 Å². The van der Waals surface area contributed by atoms with Crippen molar-refractivity contribution in [1.29, 1.82) is 0 Å². The molecule has 3 rings (SSSR count). The number of halogens is 2. The second-order valence-corrected chi connectivity index (χ2v) is 5.13. The molecule has 0 saturated heterocycles. The molecule has 0 atom stereocenters. The summed E-state index contributed by atoms with van der Waals surface area (Å²) in [6.07, 6.45) is 2.77. The first-order valence-corrected chi connectivity index (χ1v) is 7.10. The molecule has 8 heteroatoms. The van der Waals surface area contributed by atoms with E-state index in [1.165, 1.54) is 0 Å². The lowest BCUT2D eigenvalue weighted by atomic mass is 10.2. The predicted molar refractivity (Wildman–Crippen MR) is 87.4 cm³/mol. The number of nitrogens with zero attached hydrogens (tertiary/aromatic N) is 2. The maximum absolute atomic E-state index is 12.4. The van der Waals surface area contributed by atoms with E-state index in [1.807, 2.05) is 12.1 Å². The van der Waals surface area contributed by atoms with Gasteiger partial charge in [0.15, 0.2) is 0 Å². The summed E-state index contributed by atoms with van der Waals surface area (Å²) in [5, 5.41) is 7.05. The number of nitrogens with one attached hydrogen (secondary N) is 1. The number of anilines is 1. The average Bonchev–Trinajstić information content (AvgIpc) is 3.24. The van der Waals surface area contributed by atoms with Crippen molar-refractivity contribution in [3.05, 3.63) is 36.2 Å². The normalized spacial score (nSPS) is 14.3. The Kier molecular flexibility index (Phi) is 5.95. The summed E-state index contributed by atoms with van der Waals surface area (Å²) >= 11 is 0. The molecule has 23 heavy (non-hydrogen) atoms. The van der Waals surface area contributed by atoms with Crippen LogP contribution >= 0.6 is 12.4 Å². The lowest BCUT2D eigenvalue weighted by molar-refractivity contribution is 0.347. The van der Waals surface area contributed by atoms with Crippen molar-refractivity contribution in [2.75, 3.05) is 18.5 Å². The highest BCUT2D eigenvalue weighted by atomic mass is 35.5. The minimum absolute atomic E-state index is 0. The number of benzene rings is 1. The Balaban J connectivity index is 0.00000192. The Morgan fingerprint density at radius 2 is 2.13 bits per heavy atom. The standard InChI is InChI=1S/C15H17FN4O2.ClH/c16-7-10(8-17)9-21-13-5-1-11(2-6-13)14-19-15(20-22-14)18-12-3-4-12;/h1-2,5-7,12H,3-4,8-9,17H2,(H,18,20);1H/b10-7+;. The van der Waals surface area contributed by atoms with Crippen molar-refractivity contribution in [3.63, 3.8) is 0 Å². The van der Waals surface area contributed by atoms with Crippen LogP contribution in [0.25, 0.3) is 11.5 Å². The van der Waals surface area contributed by atoms with Gasteiger partial charge in [0.05, 0.1) is 6.33 Å². The highest BCUT2D eigenvalue weighted by molar-refractivity contribution is 5.85. The molecule has 1 aliphatic carbocycles. The molecular formula is C15H18ClFN4O2. The van der Waals surface area contributed by atoms with E-state index in [2.05, 4.69) is 15.5 Å². The maximum Gasteiger partial charge on any atom is 0.263 e. The Hall–Kier alpha value is -2.12. The minimum Gasteiger partial charge on any atom is -0.489 e. The van der Waals surface area contributed by atoms with Gasteiger partial charge in [0, 0.05) is 23.7 Å². The van der Waals surface area contributed by atoms with Crippen molar-refractivity contribution in [2.45, 2.75) is 18.9 Å². The smallest absolute Gasteiger partial charge is 0.263 e. The number of hydrogen-bond donors (Lipinski definition) is 2. The Morgan fingerprint density at radius 3 is 2.74 bits per heavy atom. The molecule has 0 radical (unpaired) electrons. The summed E-state index contributed by atoms with van der Waals surface area (Å²) in [7, 11) is 0. The number of rotatable bonds is 7. The first kappa shape index (κ1) is 17.2. The van der Waals surface area contributed by atoms with Gasteiger partial charge in [-0.15, -0.1) is 12.4 Å². The topological polar surface area (TPSA) is 86.2 Å². The van der Waals surface area contributed by atoms with E-state index in [9.17, 15) is 4.39 Å². The van der Waals surface area contributed by atoms with E-state index < -0.39 is 0 Å². The molecule has 1 aromatic carbocycles. The summed E-state index contributed by atoms with van der Waals surface area (Å²) < 4.78 is 23.0. The van der Waals surface area contributed by atoms with Gasteiger partial charge in [0.1, 0.15) is 12.4 Å². The van der Waals surface area contributed by atoms with Gasteiger partial charge in [-0.25, -0.2) is 4.39 Å². The van der Waals surface area contributed by atoms with Gasteiger partial charge in [-0.05, 0) is 42.3 Å². The van der Waals surface area contributed by atoms with Gasteiger partial charge >= 0.3 is 0 Å². The largest absolute Gasteiger partial charge is 0.489 e. The molecule has 1 saturated carbocycles. The summed E-state index contributed by atoms with van der Waals surface area (Å²) in [5.41, 5.74) is 6.56. The maximum atomic E-state index is 12.4. The quantitative estimate of drug-likeness (QED) is 0.806. The van der Waals surface area contributed by atoms with Crippen molar-refractivity contribution in [2.24, 2.45) is 5.73 Å². The van der Waals surface area contributed by atoms with E-state index in [4.69, 9.17) is 15.0 Å². The van der Waals surface area contributed by atoms with Gasteiger partial charge in [-0.2, -0.15) is 4.98 Å². The van der Waals surface area contributed by atoms with Crippen LogP contribution in [0.3, 0.4) is 0 Å². The molecule has 2 aromatic rings. The van der Waals surface area contributed by atoms with Crippen molar-refractivity contribution in [1.82, 2.24) is 10.1 Å². The fourth-order valence-corrected chi connectivity index (χ4v) is 1.81. The monoisotopic (exact) mass is 340 g/mol. The van der Waals surface area contributed by atoms with E-state index in [-0.39, 0.29) is 25.6 Å². The third-order valence-corrected chi connectivity index (χ3v) is 3.28. The third kappa shape index (κ3) is 4.67. The van der Waals surface area contributed by atoms with E-state index in [0.717, 1.165) is 18.4 Å². The predicted octanol–water partition coefficient (Wildman–Crippen LogP) is 2.92. The molecule has 1 heterocycles. The van der Waals surface area contributed by atoms with Gasteiger partial charge in [0.25, 0.3) is 11.8 Å². The van der Waals surface area contributed by atoms with Crippen molar-refractivity contribution >= 4 is 18.4 Å². The van der Waals surface area contributed by atoms with Crippen LogP contribution in [-0.2, 0) is 0 Å². The lowest BCUT2D eigenvalue weighted by Gasteiger charge is -2.07. The molecule has 1 aliphatic rings. The van der Waals surface area contributed by atoms with Crippen LogP contribution in [0, 0.1) is 0 Å². The van der Waals surface area contributed by atoms with Crippen molar-refractivity contribution < 1.29 is 13.7 Å². The zero-order valence-corrected chi connectivity index (χ0v) is 13.2. The Labute approximate surface area is 139 Å². The van der Waals surface area contributed by atoms with Crippen LogP contribution in [-0.4, -0.2) is 29.3 Å². The highest BCUT2D eigenvalue weighted by Gasteiger charge is 2.23. The third-order valence-electron chi connectivity index (χ3n) is 3.28. The second kappa shape index (κ2) is 7.94. The highest BCUT2D eigenvalue weighted by Crippen LogP contribution is 2.26.